The maximum atomic E-state index is 11.0. The molecule has 0 fully saturated rings. The van der Waals surface area contributed by atoms with Gasteiger partial charge in [-0.2, -0.15) is 0 Å². The predicted molar refractivity (Wildman–Crippen MR) is 81.6 cm³/mol. The standard InChI is InChI=1S/C15H11N5O2/c21-20(22)14-8-17-12-4-3-9(19-15(12)14)6-10-7-13-11(18-10)2-1-5-16-13/h1-5,7-8,17-18H,6H2. The molecule has 4 aromatic rings. The Kier molecular flexibility index (Phi) is 2.65. The normalized spacial score (nSPS) is 11.3. The molecule has 7 heteroatoms. The molecular formula is C15H11N5O2. The van der Waals surface area contributed by atoms with Crippen molar-refractivity contribution in [1.29, 1.82) is 0 Å². The minimum Gasteiger partial charge on any atom is -0.357 e. The second-order valence-electron chi connectivity index (χ2n) is 5.04. The first-order valence-corrected chi connectivity index (χ1v) is 6.75. The number of hydrogen-bond acceptors (Lipinski definition) is 4. The topological polar surface area (TPSA) is 100 Å². The fraction of sp³-hybridized carbons (Fsp3) is 0.0667. The average Bonchev–Trinajstić information content (AvgIpc) is 3.09. The fourth-order valence-electron chi connectivity index (χ4n) is 2.57. The molecule has 0 aliphatic rings. The summed E-state index contributed by atoms with van der Waals surface area (Å²) >= 11 is 0. The van der Waals surface area contributed by atoms with Crippen LogP contribution in [0.15, 0.2) is 42.7 Å². The Labute approximate surface area is 124 Å². The monoisotopic (exact) mass is 293 g/mol. The van der Waals surface area contributed by atoms with Crippen molar-refractivity contribution in [2.75, 3.05) is 0 Å². The molecule has 0 atom stereocenters. The first-order valence-electron chi connectivity index (χ1n) is 6.75. The van der Waals surface area contributed by atoms with Crippen molar-refractivity contribution in [2.24, 2.45) is 0 Å². The van der Waals surface area contributed by atoms with E-state index in [1.54, 1.807) is 6.20 Å². The molecule has 2 N–H and O–H groups in total. The van der Waals surface area contributed by atoms with Crippen molar-refractivity contribution in [3.8, 4) is 0 Å². The minimum absolute atomic E-state index is 0.00448. The Morgan fingerprint density at radius 2 is 2.14 bits per heavy atom. The summed E-state index contributed by atoms with van der Waals surface area (Å²) < 4.78 is 0. The van der Waals surface area contributed by atoms with Gasteiger partial charge in [-0.25, -0.2) is 4.98 Å². The average molecular weight is 293 g/mol. The second kappa shape index (κ2) is 4.66. The van der Waals surface area contributed by atoms with Crippen LogP contribution in [0.3, 0.4) is 0 Å². The van der Waals surface area contributed by atoms with Gasteiger partial charge in [0.25, 0.3) is 0 Å². The van der Waals surface area contributed by atoms with Crippen molar-refractivity contribution >= 4 is 27.8 Å². The van der Waals surface area contributed by atoms with Crippen LogP contribution >= 0.6 is 0 Å². The molecule has 22 heavy (non-hydrogen) atoms. The highest BCUT2D eigenvalue weighted by atomic mass is 16.6. The summed E-state index contributed by atoms with van der Waals surface area (Å²) in [6, 6.07) is 9.47. The van der Waals surface area contributed by atoms with Crippen molar-refractivity contribution in [3.05, 3.63) is 64.2 Å². The number of nitrogens with one attached hydrogen (secondary N) is 2. The molecular weight excluding hydrogens is 282 g/mol. The zero-order valence-electron chi connectivity index (χ0n) is 11.4. The van der Waals surface area contributed by atoms with Gasteiger partial charge in [0.05, 0.1) is 27.7 Å². The molecule has 0 unspecified atom stereocenters. The van der Waals surface area contributed by atoms with Gasteiger partial charge in [-0.15, -0.1) is 0 Å². The molecule has 0 bridgehead atoms. The van der Waals surface area contributed by atoms with E-state index in [1.807, 2.05) is 30.3 Å². The smallest absolute Gasteiger partial charge is 0.312 e. The molecule has 4 heterocycles. The molecule has 0 aromatic carbocycles. The van der Waals surface area contributed by atoms with E-state index < -0.39 is 4.92 Å². The van der Waals surface area contributed by atoms with E-state index in [1.165, 1.54) is 6.20 Å². The van der Waals surface area contributed by atoms with E-state index in [0.717, 1.165) is 22.4 Å². The van der Waals surface area contributed by atoms with Crippen LogP contribution in [-0.2, 0) is 6.42 Å². The van der Waals surface area contributed by atoms with Crippen LogP contribution in [0.1, 0.15) is 11.4 Å². The molecule has 4 aromatic heterocycles. The molecule has 0 radical (unpaired) electrons. The molecule has 0 spiro atoms. The number of aromatic amines is 2. The predicted octanol–water partition coefficient (Wildman–Crippen LogP) is 2.94. The Bertz CT molecular complexity index is 968. The van der Waals surface area contributed by atoms with Gasteiger partial charge in [0.1, 0.15) is 0 Å². The van der Waals surface area contributed by atoms with Crippen LogP contribution in [0.2, 0.25) is 0 Å². The quantitative estimate of drug-likeness (QED) is 0.448. The maximum absolute atomic E-state index is 11.0. The van der Waals surface area contributed by atoms with Crippen LogP contribution in [-0.4, -0.2) is 24.9 Å². The van der Waals surface area contributed by atoms with Gasteiger partial charge >= 0.3 is 5.69 Å². The van der Waals surface area contributed by atoms with Gasteiger partial charge in [0.2, 0.25) is 0 Å². The van der Waals surface area contributed by atoms with Gasteiger partial charge < -0.3 is 9.97 Å². The Morgan fingerprint density at radius 3 is 2.95 bits per heavy atom. The van der Waals surface area contributed by atoms with Crippen LogP contribution in [0.5, 0.6) is 0 Å². The van der Waals surface area contributed by atoms with Crippen molar-refractivity contribution in [2.45, 2.75) is 6.42 Å². The van der Waals surface area contributed by atoms with Crippen LogP contribution < -0.4 is 0 Å². The lowest BCUT2D eigenvalue weighted by molar-refractivity contribution is -0.383. The van der Waals surface area contributed by atoms with Gasteiger partial charge in [0.15, 0.2) is 5.52 Å². The van der Waals surface area contributed by atoms with Gasteiger partial charge in [-0.1, -0.05) is 0 Å². The third-order valence-corrected chi connectivity index (χ3v) is 3.57. The number of nitrogens with zero attached hydrogens (tertiary/aromatic N) is 3. The highest BCUT2D eigenvalue weighted by molar-refractivity contribution is 5.85. The number of nitro groups is 1. The molecule has 0 saturated carbocycles. The van der Waals surface area contributed by atoms with E-state index >= 15 is 0 Å². The Hall–Kier alpha value is -3.22. The van der Waals surface area contributed by atoms with Gasteiger partial charge in [-0.3, -0.25) is 15.1 Å². The lowest BCUT2D eigenvalue weighted by Gasteiger charge is -1.99. The number of fused-ring (bicyclic) bond motifs is 2. The van der Waals surface area contributed by atoms with Crippen LogP contribution in [0.25, 0.3) is 22.1 Å². The molecule has 7 nitrogen and oxygen atoms in total. The Balaban J connectivity index is 1.74. The first-order chi connectivity index (χ1) is 10.7. The van der Waals surface area contributed by atoms with Crippen molar-refractivity contribution in [3.63, 3.8) is 0 Å². The molecule has 0 aliphatic carbocycles. The van der Waals surface area contributed by atoms with Crippen LogP contribution in [0, 0.1) is 10.1 Å². The third kappa shape index (κ3) is 1.99. The fourth-order valence-corrected chi connectivity index (χ4v) is 2.57. The lowest BCUT2D eigenvalue weighted by Crippen LogP contribution is -1.94. The summed E-state index contributed by atoms with van der Waals surface area (Å²) in [7, 11) is 0. The lowest BCUT2D eigenvalue weighted by atomic mass is 10.2. The molecule has 0 saturated heterocycles. The highest BCUT2D eigenvalue weighted by Crippen LogP contribution is 2.24. The summed E-state index contributed by atoms with van der Waals surface area (Å²) in [4.78, 5) is 25.4. The van der Waals surface area contributed by atoms with Crippen molar-refractivity contribution in [1.82, 2.24) is 19.9 Å². The summed E-state index contributed by atoms with van der Waals surface area (Å²) in [6.45, 7) is 0. The molecule has 108 valence electrons. The van der Waals surface area contributed by atoms with E-state index in [2.05, 4.69) is 19.9 Å². The van der Waals surface area contributed by atoms with Crippen molar-refractivity contribution < 1.29 is 4.92 Å². The zero-order valence-corrected chi connectivity index (χ0v) is 11.4. The third-order valence-electron chi connectivity index (χ3n) is 3.57. The molecule has 4 rings (SSSR count). The van der Waals surface area contributed by atoms with E-state index in [9.17, 15) is 10.1 Å². The number of hydrogen-bond donors (Lipinski definition) is 2. The Morgan fingerprint density at radius 1 is 1.23 bits per heavy atom. The minimum atomic E-state index is -0.428. The number of rotatable bonds is 3. The zero-order chi connectivity index (χ0) is 15.1. The number of pyridine rings is 2. The second-order valence-corrected chi connectivity index (χ2v) is 5.04. The summed E-state index contributed by atoms with van der Waals surface area (Å²) in [6.07, 6.45) is 3.68. The highest BCUT2D eigenvalue weighted by Gasteiger charge is 2.16. The number of H-pyrrole nitrogens is 2. The molecule has 0 aliphatic heterocycles. The largest absolute Gasteiger partial charge is 0.357 e. The van der Waals surface area contributed by atoms with E-state index in [4.69, 9.17) is 0 Å². The molecule has 0 amide bonds. The summed E-state index contributed by atoms with van der Waals surface area (Å²) in [5, 5.41) is 11.0. The first kappa shape index (κ1) is 12.5. The summed E-state index contributed by atoms with van der Waals surface area (Å²) in [5.41, 5.74) is 4.64. The SMILES string of the molecule is O=[N+]([O-])c1c[nH]c2ccc(Cc3cc4ncccc4[nH]3)nc12. The van der Waals surface area contributed by atoms with Gasteiger partial charge in [0, 0.05) is 24.0 Å². The summed E-state index contributed by atoms with van der Waals surface area (Å²) in [5.74, 6) is 0. The van der Waals surface area contributed by atoms with Crippen LogP contribution in [0.4, 0.5) is 5.69 Å². The maximum Gasteiger partial charge on any atom is 0.312 e. The van der Waals surface area contributed by atoms with E-state index in [-0.39, 0.29) is 5.69 Å². The van der Waals surface area contributed by atoms with Gasteiger partial charge in [-0.05, 0) is 30.3 Å². The number of aromatic nitrogens is 4. The van der Waals surface area contributed by atoms with E-state index in [0.29, 0.717) is 17.5 Å².